The normalized spacial score (nSPS) is 12.7. The van der Waals surface area contributed by atoms with Crippen molar-refractivity contribution in [3.63, 3.8) is 0 Å². The Morgan fingerprint density at radius 3 is 2.87 bits per heavy atom. The molecule has 2 heterocycles. The zero-order valence-electron chi connectivity index (χ0n) is 8.48. The van der Waals surface area contributed by atoms with Crippen molar-refractivity contribution in [2.24, 2.45) is 0 Å². The number of nitrogens with zero attached hydrogens (tertiary/aromatic N) is 1. The van der Waals surface area contributed by atoms with Gasteiger partial charge in [0.25, 0.3) is 0 Å². The smallest absolute Gasteiger partial charge is 0.0648 e. The van der Waals surface area contributed by atoms with E-state index in [2.05, 4.69) is 22.5 Å². The average Bonchev–Trinajstić information content (AvgIpc) is 2.74. The standard InChI is InChI=1S/C12H12ClNS/c1-9-2-3-11(14-7-9)6-12(13)10-4-5-15-8-10/h2-5,7-8,12H,6H2,1H3. The van der Waals surface area contributed by atoms with Gasteiger partial charge in [-0.2, -0.15) is 11.3 Å². The summed E-state index contributed by atoms with van der Waals surface area (Å²) in [6, 6.07) is 6.17. The van der Waals surface area contributed by atoms with E-state index in [1.54, 1.807) is 11.3 Å². The van der Waals surface area contributed by atoms with E-state index in [1.807, 2.05) is 24.6 Å². The van der Waals surface area contributed by atoms with Gasteiger partial charge >= 0.3 is 0 Å². The Labute approximate surface area is 98.7 Å². The highest BCUT2D eigenvalue weighted by atomic mass is 35.5. The molecule has 2 aromatic rings. The Morgan fingerprint density at radius 1 is 1.40 bits per heavy atom. The molecule has 0 aliphatic heterocycles. The molecule has 0 aliphatic rings. The molecule has 0 N–H and O–H groups in total. The molecule has 15 heavy (non-hydrogen) atoms. The molecule has 0 spiro atoms. The second-order valence-corrected chi connectivity index (χ2v) is 4.86. The van der Waals surface area contributed by atoms with Gasteiger partial charge in [-0.15, -0.1) is 11.6 Å². The Kier molecular flexibility index (Phi) is 3.39. The fourth-order valence-electron chi connectivity index (χ4n) is 1.37. The number of pyridine rings is 1. The minimum absolute atomic E-state index is 0.0338. The molecule has 0 aliphatic carbocycles. The van der Waals surface area contributed by atoms with Crippen molar-refractivity contribution >= 4 is 22.9 Å². The van der Waals surface area contributed by atoms with Crippen LogP contribution in [0.25, 0.3) is 0 Å². The monoisotopic (exact) mass is 237 g/mol. The first kappa shape index (κ1) is 10.7. The lowest BCUT2D eigenvalue weighted by Crippen LogP contribution is -1.96. The quantitative estimate of drug-likeness (QED) is 0.736. The molecule has 0 saturated carbocycles. The zero-order chi connectivity index (χ0) is 10.7. The molecule has 2 rings (SSSR count). The van der Waals surface area contributed by atoms with E-state index >= 15 is 0 Å². The van der Waals surface area contributed by atoms with E-state index in [-0.39, 0.29) is 5.38 Å². The van der Waals surface area contributed by atoms with Gasteiger partial charge < -0.3 is 0 Å². The van der Waals surface area contributed by atoms with E-state index in [1.165, 1.54) is 11.1 Å². The lowest BCUT2D eigenvalue weighted by molar-refractivity contribution is 0.882. The number of thiophene rings is 1. The molecule has 0 radical (unpaired) electrons. The lowest BCUT2D eigenvalue weighted by Gasteiger charge is -2.06. The Balaban J connectivity index is 2.06. The summed E-state index contributed by atoms with van der Waals surface area (Å²) in [6.45, 7) is 2.04. The van der Waals surface area contributed by atoms with Gasteiger partial charge in [0.2, 0.25) is 0 Å². The summed E-state index contributed by atoms with van der Waals surface area (Å²) in [4.78, 5) is 4.35. The molecule has 1 atom stereocenters. The van der Waals surface area contributed by atoms with Gasteiger partial charge in [-0.05, 0) is 40.9 Å². The molecule has 0 amide bonds. The minimum atomic E-state index is 0.0338. The molecule has 3 heteroatoms. The average molecular weight is 238 g/mol. The predicted octanol–water partition coefficient (Wildman–Crippen LogP) is 3.97. The molecule has 78 valence electrons. The molecule has 0 bridgehead atoms. The molecule has 1 nitrogen and oxygen atoms in total. The van der Waals surface area contributed by atoms with Crippen LogP contribution in [0.3, 0.4) is 0 Å². The Hall–Kier alpha value is -0.860. The lowest BCUT2D eigenvalue weighted by atomic mass is 10.1. The van der Waals surface area contributed by atoms with Crippen LogP contribution < -0.4 is 0 Å². The highest BCUT2D eigenvalue weighted by molar-refractivity contribution is 7.08. The van der Waals surface area contributed by atoms with Gasteiger partial charge in [0.05, 0.1) is 5.38 Å². The Morgan fingerprint density at radius 2 is 2.27 bits per heavy atom. The molecule has 0 fully saturated rings. The topological polar surface area (TPSA) is 12.9 Å². The van der Waals surface area contributed by atoms with E-state index in [0.29, 0.717) is 0 Å². The van der Waals surface area contributed by atoms with Crippen molar-refractivity contribution in [3.8, 4) is 0 Å². The van der Waals surface area contributed by atoms with Gasteiger partial charge in [0, 0.05) is 18.3 Å². The molecule has 0 saturated heterocycles. The van der Waals surface area contributed by atoms with Crippen LogP contribution in [0.5, 0.6) is 0 Å². The Bertz CT molecular complexity index is 408. The van der Waals surface area contributed by atoms with E-state index < -0.39 is 0 Å². The minimum Gasteiger partial charge on any atom is -0.261 e. The van der Waals surface area contributed by atoms with Crippen molar-refractivity contribution in [3.05, 3.63) is 52.0 Å². The van der Waals surface area contributed by atoms with Crippen LogP contribution in [0, 0.1) is 6.92 Å². The maximum absolute atomic E-state index is 6.29. The summed E-state index contributed by atoms with van der Waals surface area (Å²) in [5.41, 5.74) is 3.41. The molecular weight excluding hydrogens is 226 g/mol. The van der Waals surface area contributed by atoms with Crippen molar-refractivity contribution in [2.75, 3.05) is 0 Å². The third-order valence-corrected chi connectivity index (χ3v) is 3.37. The van der Waals surface area contributed by atoms with E-state index in [4.69, 9.17) is 11.6 Å². The van der Waals surface area contributed by atoms with Gasteiger partial charge in [-0.25, -0.2) is 0 Å². The first-order valence-electron chi connectivity index (χ1n) is 4.83. The highest BCUT2D eigenvalue weighted by Gasteiger charge is 2.09. The largest absolute Gasteiger partial charge is 0.261 e. The summed E-state index contributed by atoms with van der Waals surface area (Å²) in [5.74, 6) is 0. The summed E-state index contributed by atoms with van der Waals surface area (Å²) in [5, 5.41) is 4.17. The summed E-state index contributed by atoms with van der Waals surface area (Å²) in [6.07, 6.45) is 2.67. The van der Waals surface area contributed by atoms with Crippen molar-refractivity contribution in [2.45, 2.75) is 18.7 Å². The third kappa shape index (κ3) is 2.80. The van der Waals surface area contributed by atoms with Gasteiger partial charge in [0.15, 0.2) is 0 Å². The van der Waals surface area contributed by atoms with Crippen LogP contribution in [0.15, 0.2) is 35.2 Å². The first-order valence-corrected chi connectivity index (χ1v) is 6.21. The second-order valence-electron chi connectivity index (χ2n) is 3.56. The third-order valence-electron chi connectivity index (χ3n) is 2.27. The van der Waals surface area contributed by atoms with Gasteiger partial charge in [0.1, 0.15) is 0 Å². The van der Waals surface area contributed by atoms with Crippen LogP contribution in [0.4, 0.5) is 0 Å². The van der Waals surface area contributed by atoms with Gasteiger partial charge in [-0.1, -0.05) is 6.07 Å². The SMILES string of the molecule is Cc1ccc(CC(Cl)c2ccsc2)nc1. The molecule has 0 aromatic carbocycles. The zero-order valence-corrected chi connectivity index (χ0v) is 10.1. The van der Waals surface area contributed by atoms with E-state index in [9.17, 15) is 0 Å². The van der Waals surface area contributed by atoms with Crippen LogP contribution in [0.2, 0.25) is 0 Å². The fraction of sp³-hybridized carbons (Fsp3) is 0.250. The summed E-state index contributed by atoms with van der Waals surface area (Å²) >= 11 is 7.96. The number of hydrogen-bond acceptors (Lipinski definition) is 2. The number of alkyl halides is 1. The van der Waals surface area contributed by atoms with Crippen LogP contribution in [0.1, 0.15) is 22.2 Å². The molecule has 2 aromatic heterocycles. The number of rotatable bonds is 3. The second kappa shape index (κ2) is 4.77. The highest BCUT2D eigenvalue weighted by Crippen LogP contribution is 2.25. The summed E-state index contributed by atoms with van der Waals surface area (Å²) < 4.78 is 0. The number of hydrogen-bond donors (Lipinski definition) is 0. The van der Waals surface area contributed by atoms with Crippen molar-refractivity contribution < 1.29 is 0 Å². The van der Waals surface area contributed by atoms with Crippen molar-refractivity contribution in [1.29, 1.82) is 0 Å². The maximum Gasteiger partial charge on any atom is 0.0648 e. The van der Waals surface area contributed by atoms with Crippen LogP contribution in [-0.4, -0.2) is 4.98 Å². The van der Waals surface area contributed by atoms with Gasteiger partial charge in [-0.3, -0.25) is 4.98 Å². The summed E-state index contributed by atoms with van der Waals surface area (Å²) in [7, 11) is 0. The van der Waals surface area contributed by atoms with Crippen molar-refractivity contribution in [1.82, 2.24) is 4.98 Å². The van der Waals surface area contributed by atoms with Crippen LogP contribution in [-0.2, 0) is 6.42 Å². The number of halogens is 1. The first-order chi connectivity index (χ1) is 7.25. The molecule has 1 unspecified atom stereocenters. The van der Waals surface area contributed by atoms with Crippen LogP contribution >= 0.6 is 22.9 Å². The number of aryl methyl sites for hydroxylation is 1. The predicted molar refractivity (Wildman–Crippen MR) is 65.6 cm³/mol. The maximum atomic E-state index is 6.29. The van der Waals surface area contributed by atoms with E-state index in [0.717, 1.165) is 12.1 Å². The molecular formula is C12H12ClNS. The number of aromatic nitrogens is 1. The fourth-order valence-corrected chi connectivity index (χ4v) is 2.46.